The molecule has 0 aromatic heterocycles. The number of carbonyl (C=O) groups excluding carboxylic acids is 1. The number of benzene rings is 3. The second kappa shape index (κ2) is 8.55. The zero-order valence-electron chi connectivity index (χ0n) is 17.7. The summed E-state index contributed by atoms with van der Waals surface area (Å²) in [6, 6.07) is 19.5. The fourth-order valence-electron chi connectivity index (χ4n) is 3.90. The van der Waals surface area contributed by atoms with Crippen molar-refractivity contribution in [3.8, 4) is 0 Å². The second-order valence-electron chi connectivity index (χ2n) is 8.03. The zero-order valence-corrected chi connectivity index (χ0v) is 18.5. The minimum Gasteiger partial charge on any atom is -0.346 e. The first-order valence-corrected chi connectivity index (χ1v) is 11.9. The van der Waals surface area contributed by atoms with Gasteiger partial charge in [-0.25, -0.2) is 8.42 Å². The molecule has 1 unspecified atom stereocenters. The van der Waals surface area contributed by atoms with Gasteiger partial charge in [0.05, 0.1) is 16.6 Å². The quantitative estimate of drug-likeness (QED) is 0.586. The van der Waals surface area contributed by atoms with Gasteiger partial charge in [0.25, 0.3) is 15.9 Å². The van der Waals surface area contributed by atoms with Crippen molar-refractivity contribution >= 4 is 21.6 Å². The molecule has 1 amide bonds. The van der Waals surface area contributed by atoms with Gasteiger partial charge in [0.2, 0.25) is 0 Å². The normalized spacial score (nSPS) is 14.0. The second-order valence-corrected chi connectivity index (χ2v) is 9.71. The highest BCUT2D eigenvalue weighted by Crippen LogP contribution is 2.26. The Labute approximate surface area is 183 Å². The van der Waals surface area contributed by atoms with Crippen molar-refractivity contribution in [3.05, 3.63) is 94.5 Å². The first-order valence-electron chi connectivity index (χ1n) is 10.4. The minimum atomic E-state index is -3.73. The number of hydrogen-bond acceptors (Lipinski definition) is 3. The summed E-state index contributed by atoms with van der Waals surface area (Å²) in [6.45, 7) is 3.76. The molecule has 5 nitrogen and oxygen atoms in total. The smallest absolute Gasteiger partial charge is 0.261 e. The minimum absolute atomic E-state index is 0.149. The van der Waals surface area contributed by atoms with Crippen molar-refractivity contribution in [1.82, 2.24) is 5.32 Å². The average molecular weight is 435 g/mol. The van der Waals surface area contributed by atoms with Crippen LogP contribution in [0.5, 0.6) is 0 Å². The Hall–Kier alpha value is -3.12. The third-order valence-corrected chi connectivity index (χ3v) is 7.15. The van der Waals surface area contributed by atoms with E-state index >= 15 is 0 Å². The molecule has 3 aromatic carbocycles. The predicted molar refractivity (Wildman–Crippen MR) is 123 cm³/mol. The summed E-state index contributed by atoms with van der Waals surface area (Å²) in [5, 5.41) is 3.03. The van der Waals surface area contributed by atoms with Crippen molar-refractivity contribution in [1.29, 1.82) is 0 Å². The van der Waals surface area contributed by atoms with Gasteiger partial charge in [0.15, 0.2) is 0 Å². The van der Waals surface area contributed by atoms with Gasteiger partial charge in [-0.1, -0.05) is 42.5 Å². The Bertz CT molecular complexity index is 1220. The largest absolute Gasteiger partial charge is 0.346 e. The Kier molecular flexibility index (Phi) is 5.83. The van der Waals surface area contributed by atoms with Crippen LogP contribution in [0.4, 0.5) is 5.69 Å². The molecule has 0 heterocycles. The van der Waals surface area contributed by atoms with Crippen LogP contribution in [0.2, 0.25) is 0 Å². The molecule has 3 aromatic rings. The number of fused-ring (bicyclic) bond motifs is 1. The fourth-order valence-corrected chi connectivity index (χ4v) is 5.04. The lowest BCUT2D eigenvalue weighted by atomic mass is 10.0. The van der Waals surface area contributed by atoms with Gasteiger partial charge in [-0.05, 0) is 79.6 Å². The molecule has 1 aliphatic carbocycles. The van der Waals surface area contributed by atoms with Gasteiger partial charge >= 0.3 is 0 Å². The zero-order chi connectivity index (χ0) is 22.0. The van der Waals surface area contributed by atoms with Gasteiger partial charge < -0.3 is 5.32 Å². The van der Waals surface area contributed by atoms with Gasteiger partial charge in [-0.2, -0.15) is 0 Å². The number of carbonyl (C=O) groups is 1. The van der Waals surface area contributed by atoms with Crippen molar-refractivity contribution < 1.29 is 13.2 Å². The maximum absolute atomic E-state index is 12.9. The summed E-state index contributed by atoms with van der Waals surface area (Å²) >= 11 is 0. The molecule has 160 valence electrons. The van der Waals surface area contributed by atoms with E-state index in [1.54, 1.807) is 43.3 Å². The number of amides is 1. The van der Waals surface area contributed by atoms with Crippen LogP contribution in [-0.4, -0.2) is 14.3 Å². The molecule has 4 rings (SSSR count). The van der Waals surface area contributed by atoms with E-state index in [0.29, 0.717) is 11.3 Å². The van der Waals surface area contributed by atoms with Crippen LogP contribution in [0.3, 0.4) is 0 Å². The van der Waals surface area contributed by atoms with E-state index in [4.69, 9.17) is 0 Å². The molecule has 1 aliphatic rings. The number of nitrogens with one attached hydrogen (secondary N) is 2. The maximum atomic E-state index is 12.9. The van der Waals surface area contributed by atoms with E-state index in [9.17, 15) is 13.2 Å². The summed E-state index contributed by atoms with van der Waals surface area (Å²) in [6.07, 6.45) is 3.40. The van der Waals surface area contributed by atoms with Crippen LogP contribution in [0.1, 0.15) is 52.0 Å². The van der Waals surface area contributed by atoms with Crippen LogP contribution in [0.15, 0.2) is 71.6 Å². The lowest BCUT2D eigenvalue weighted by molar-refractivity contribution is 0.0940. The van der Waals surface area contributed by atoms with Crippen LogP contribution >= 0.6 is 0 Å². The summed E-state index contributed by atoms with van der Waals surface area (Å²) in [4.78, 5) is 13.0. The lowest BCUT2D eigenvalue weighted by Crippen LogP contribution is -2.27. The van der Waals surface area contributed by atoms with Crippen LogP contribution in [0.25, 0.3) is 0 Å². The maximum Gasteiger partial charge on any atom is 0.261 e. The fraction of sp³-hybridized carbons (Fsp3) is 0.240. The van der Waals surface area contributed by atoms with E-state index < -0.39 is 10.0 Å². The van der Waals surface area contributed by atoms with Crippen molar-refractivity contribution in [2.24, 2.45) is 0 Å². The summed E-state index contributed by atoms with van der Waals surface area (Å²) < 4.78 is 28.0. The summed E-state index contributed by atoms with van der Waals surface area (Å²) in [7, 11) is -3.73. The third kappa shape index (κ3) is 4.64. The third-order valence-electron chi connectivity index (χ3n) is 5.77. The molecule has 1 atom stereocenters. The Morgan fingerprint density at radius 2 is 1.68 bits per heavy atom. The highest BCUT2D eigenvalue weighted by molar-refractivity contribution is 7.92. The summed E-state index contributed by atoms with van der Waals surface area (Å²) in [5.74, 6) is -0.242. The standard InChI is InChI=1S/C25H26N2O3S/c1-17-11-12-22(16-24(17)27-31(29,30)23-9-4-3-5-10-23)25(28)26-18(2)20-14-13-19-7-6-8-21(19)15-20/h3-5,9-16,18,27H,6-8H2,1-2H3,(H,26,28). The SMILES string of the molecule is Cc1ccc(C(=O)NC(C)c2ccc3c(c2)CCC3)cc1NS(=O)(=O)c1ccccc1. The highest BCUT2D eigenvalue weighted by atomic mass is 32.2. The molecule has 0 spiro atoms. The molecule has 0 saturated carbocycles. The molecular weight excluding hydrogens is 408 g/mol. The van der Waals surface area contributed by atoms with E-state index in [1.165, 1.54) is 29.7 Å². The van der Waals surface area contributed by atoms with E-state index in [1.807, 2.05) is 6.92 Å². The van der Waals surface area contributed by atoms with Gasteiger partial charge in [0.1, 0.15) is 0 Å². The van der Waals surface area contributed by atoms with E-state index in [-0.39, 0.29) is 16.8 Å². The topological polar surface area (TPSA) is 75.3 Å². The van der Waals surface area contributed by atoms with E-state index in [0.717, 1.165) is 24.0 Å². The lowest BCUT2D eigenvalue weighted by Gasteiger charge is -2.17. The van der Waals surface area contributed by atoms with E-state index in [2.05, 4.69) is 28.2 Å². The molecule has 0 saturated heterocycles. The molecule has 2 N–H and O–H groups in total. The molecule has 31 heavy (non-hydrogen) atoms. The number of aryl methyl sites for hydroxylation is 3. The monoisotopic (exact) mass is 434 g/mol. The molecule has 0 bridgehead atoms. The van der Waals surface area contributed by atoms with Gasteiger partial charge in [0, 0.05) is 5.56 Å². The molecule has 0 fully saturated rings. The van der Waals surface area contributed by atoms with Gasteiger partial charge in [-0.3, -0.25) is 9.52 Å². The average Bonchev–Trinajstić information content (AvgIpc) is 3.23. The Balaban J connectivity index is 1.51. The Morgan fingerprint density at radius 3 is 2.45 bits per heavy atom. The summed E-state index contributed by atoms with van der Waals surface area (Å²) in [5.41, 5.74) is 5.38. The number of anilines is 1. The first-order chi connectivity index (χ1) is 14.8. The number of hydrogen-bond donors (Lipinski definition) is 2. The van der Waals surface area contributed by atoms with Crippen molar-refractivity contribution in [3.63, 3.8) is 0 Å². The molecule has 6 heteroatoms. The van der Waals surface area contributed by atoms with Crippen molar-refractivity contribution in [2.45, 2.75) is 44.0 Å². The Morgan fingerprint density at radius 1 is 0.935 bits per heavy atom. The first kappa shape index (κ1) is 21.1. The van der Waals surface area contributed by atoms with Gasteiger partial charge in [-0.15, -0.1) is 0 Å². The number of rotatable bonds is 6. The van der Waals surface area contributed by atoms with Crippen molar-refractivity contribution in [2.75, 3.05) is 4.72 Å². The molecule has 0 aliphatic heterocycles. The van der Waals surface area contributed by atoms with Crippen LogP contribution in [-0.2, 0) is 22.9 Å². The predicted octanol–water partition coefficient (Wildman–Crippen LogP) is 4.78. The van der Waals surface area contributed by atoms with Crippen LogP contribution in [0, 0.1) is 6.92 Å². The number of sulfonamides is 1. The molecular formula is C25H26N2O3S. The highest BCUT2D eigenvalue weighted by Gasteiger charge is 2.18. The van der Waals surface area contributed by atoms with Crippen LogP contribution < -0.4 is 10.0 Å². The molecule has 0 radical (unpaired) electrons.